The van der Waals surface area contributed by atoms with Crippen LogP contribution in [0.15, 0.2) is 170 Å². The fourth-order valence-electron chi connectivity index (χ4n) is 10.5. The Morgan fingerprint density at radius 2 is 0.804 bits per heavy atom. The second-order valence-corrected chi connectivity index (χ2v) is 16.7. The fourth-order valence-corrected chi connectivity index (χ4v) is 10.5. The van der Waals surface area contributed by atoms with E-state index < -0.39 is 5.41 Å². The van der Waals surface area contributed by atoms with E-state index in [0.29, 0.717) is 0 Å². The monoisotopic (exact) mass is 717 g/mol. The van der Waals surface area contributed by atoms with Gasteiger partial charge in [-0.15, -0.1) is 0 Å². The van der Waals surface area contributed by atoms with Crippen molar-refractivity contribution in [2.45, 2.75) is 45.4 Å². The molecule has 3 aliphatic carbocycles. The smallest absolute Gasteiger partial charge is 0.0726 e. The van der Waals surface area contributed by atoms with Gasteiger partial charge >= 0.3 is 0 Å². The standard InChI is InChI=1S/C55H43N/c1-34-18-26-44-45-27-19-35(2)31-52(45)55(51(44)30-34)50-17-11-9-14-42(50)46-28-24-40(33-53(46)55)56(38-22-20-37(21-23-38)41-13-7-6-12-36(41)3)39-25-29-49-47(32-39)43-15-8-10-16-48(43)54(49,4)5/h6-33H,1-5H3. The zero-order valence-electron chi connectivity index (χ0n) is 32.6. The molecule has 0 bridgehead atoms. The Morgan fingerprint density at radius 3 is 1.46 bits per heavy atom. The number of aryl methyl sites for hydroxylation is 3. The van der Waals surface area contributed by atoms with Crippen LogP contribution in [0.1, 0.15) is 63.9 Å². The highest BCUT2D eigenvalue weighted by Gasteiger charge is 2.52. The molecule has 3 aliphatic rings. The van der Waals surface area contributed by atoms with Gasteiger partial charge in [0, 0.05) is 22.5 Å². The predicted octanol–water partition coefficient (Wildman–Crippen LogP) is 14.4. The topological polar surface area (TPSA) is 3.24 Å². The number of fused-ring (bicyclic) bond motifs is 13. The molecule has 0 unspecified atom stereocenters. The van der Waals surface area contributed by atoms with Gasteiger partial charge in [0.05, 0.1) is 5.41 Å². The molecule has 1 nitrogen and oxygen atoms in total. The van der Waals surface area contributed by atoms with Gasteiger partial charge < -0.3 is 4.90 Å². The van der Waals surface area contributed by atoms with Crippen molar-refractivity contribution in [2.75, 3.05) is 4.90 Å². The van der Waals surface area contributed by atoms with Gasteiger partial charge in [0.1, 0.15) is 0 Å². The lowest BCUT2D eigenvalue weighted by Crippen LogP contribution is -2.26. The van der Waals surface area contributed by atoms with E-state index in [1.54, 1.807) is 0 Å². The number of rotatable bonds is 4. The van der Waals surface area contributed by atoms with Crippen molar-refractivity contribution < 1.29 is 0 Å². The van der Waals surface area contributed by atoms with Crippen LogP contribution < -0.4 is 4.90 Å². The molecule has 1 spiro atoms. The van der Waals surface area contributed by atoms with Crippen molar-refractivity contribution in [3.63, 3.8) is 0 Å². The Balaban J connectivity index is 1.17. The van der Waals surface area contributed by atoms with Crippen molar-refractivity contribution in [2.24, 2.45) is 0 Å². The highest BCUT2D eigenvalue weighted by Crippen LogP contribution is 2.64. The molecule has 1 heteroatoms. The fraction of sp³-hybridized carbons (Fsp3) is 0.127. The van der Waals surface area contributed by atoms with Crippen LogP contribution in [0.5, 0.6) is 0 Å². The van der Waals surface area contributed by atoms with E-state index in [0.717, 1.165) is 17.1 Å². The molecule has 0 saturated heterocycles. The van der Waals surface area contributed by atoms with E-state index in [9.17, 15) is 0 Å². The molecular weight excluding hydrogens is 675 g/mol. The lowest BCUT2D eigenvalue weighted by molar-refractivity contribution is 0.660. The number of anilines is 3. The van der Waals surface area contributed by atoms with Crippen LogP contribution in [0.3, 0.4) is 0 Å². The van der Waals surface area contributed by atoms with Crippen molar-refractivity contribution in [1.29, 1.82) is 0 Å². The van der Waals surface area contributed by atoms with Gasteiger partial charge in [0.15, 0.2) is 0 Å². The Morgan fingerprint density at radius 1 is 0.339 bits per heavy atom. The van der Waals surface area contributed by atoms with E-state index in [1.807, 2.05) is 0 Å². The van der Waals surface area contributed by atoms with E-state index in [2.05, 4.69) is 209 Å². The maximum Gasteiger partial charge on any atom is 0.0726 e. The Bertz CT molecular complexity index is 2870. The summed E-state index contributed by atoms with van der Waals surface area (Å²) in [5.74, 6) is 0. The molecular formula is C55H43N. The molecule has 0 saturated carbocycles. The average molecular weight is 718 g/mol. The molecule has 0 aromatic heterocycles. The highest BCUT2D eigenvalue weighted by atomic mass is 15.1. The predicted molar refractivity (Wildman–Crippen MR) is 235 cm³/mol. The van der Waals surface area contributed by atoms with E-state index in [1.165, 1.54) is 94.6 Å². The number of benzene rings is 8. The van der Waals surface area contributed by atoms with Crippen LogP contribution in [0.25, 0.3) is 44.5 Å². The van der Waals surface area contributed by atoms with E-state index in [4.69, 9.17) is 0 Å². The molecule has 0 amide bonds. The second-order valence-electron chi connectivity index (χ2n) is 16.7. The minimum Gasteiger partial charge on any atom is -0.310 e. The Hall–Kier alpha value is -6.44. The minimum atomic E-state index is -0.425. The van der Waals surface area contributed by atoms with Crippen LogP contribution in [0.4, 0.5) is 17.1 Å². The first-order valence-electron chi connectivity index (χ1n) is 19.9. The maximum atomic E-state index is 2.51. The van der Waals surface area contributed by atoms with Crippen molar-refractivity contribution in [3.05, 3.63) is 220 Å². The summed E-state index contributed by atoms with van der Waals surface area (Å²) in [6.45, 7) is 11.4. The van der Waals surface area contributed by atoms with Crippen molar-refractivity contribution in [3.8, 4) is 44.5 Å². The summed E-state index contributed by atoms with van der Waals surface area (Å²) in [4.78, 5) is 2.48. The lowest BCUT2D eigenvalue weighted by atomic mass is 9.70. The number of hydrogen-bond acceptors (Lipinski definition) is 1. The molecule has 0 atom stereocenters. The normalized spacial score (nSPS) is 14.4. The van der Waals surface area contributed by atoms with Gasteiger partial charge in [-0.3, -0.25) is 0 Å². The molecule has 0 fully saturated rings. The summed E-state index contributed by atoms with van der Waals surface area (Å²) < 4.78 is 0. The first kappa shape index (κ1) is 32.9. The zero-order chi connectivity index (χ0) is 37.9. The average Bonchev–Trinajstić information content (AvgIpc) is 3.76. The van der Waals surface area contributed by atoms with Crippen molar-refractivity contribution in [1.82, 2.24) is 0 Å². The molecule has 268 valence electrons. The van der Waals surface area contributed by atoms with Gasteiger partial charge in [0.25, 0.3) is 0 Å². The first-order valence-corrected chi connectivity index (χ1v) is 19.9. The summed E-state index contributed by atoms with van der Waals surface area (Å²) >= 11 is 0. The van der Waals surface area contributed by atoms with Gasteiger partial charge in [-0.25, -0.2) is 0 Å². The zero-order valence-corrected chi connectivity index (χ0v) is 32.6. The highest BCUT2D eigenvalue weighted by molar-refractivity contribution is 5.97. The number of hydrogen-bond donors (Lipinski definition) is 0. The molecule has 56 heavy (non-hydrogen) atoms. The van der Waals surface area contributed by atoms with Gasteiger partial charge in [0.2, 0.25) is 0 Å². The molecule has 0 aliphatic heterocycles. The summed E-state index contributed by atoms with van der Waals surface area (Å²) in [6.07, 6.45) is 0. The molecule has 11 rings (SSSR count). The van der Waals surface area contributed by atoms with Crippen LogP contribution >= 0.6 is 0 Å². The van der Waals surface area contributed by atoms with Crippen molar-refractivity contribution >= 4 is 17.1 Å². The SMILES string of the molecule is Cc1ccc2c(c1)C1(c3ccccc3-c3ccc(N(c4ccc(-c5ccccc5C)cc4)c4ccc5c(c4)-c4ccccc4C5(C)C)cc31)c1cc(C)ccc1-2. The summed E-state index contributed by atoms with van der Waals surface area (Å²) in [6, 6.07) is 64.5. The number of nitrogens with zero attached hydrogens (tertiary/aromatic N) is 1. The third kappa shape index (κ3) is 4.43. The van der Waals surface area contributed by atoms with Gasteiger partial charge in [-0.1, -0.05) is 158 Å². The molecule has 0 heterocycles. The first-order chi connectivity index (χ1) is 27.2. The second kappa shape index (κ2) is 11.8. The lowest BCUT2D eigenvalue weighted by Gasteiger charge is -2.32. The maximum absolute atomic E-state index is 2.51. The Labute approximate surface area is 330 Å². The van der Waals surface area contributed by atoms with Crippen LogP contribution in [0.2, 0.25) is 0 Å². The quantitative estimate of drug-likeness (QED) is 0.175. The third-order valence-corrected chi connectivity index (χ3v) is 13.1. The molecule has 0 radical (unpaired) electrons. The largest absolute Gasteiger partial charge is 0.310 e. The molecule has 0 N–H and O–H groups in total. The summed E-state index contributed by atoms with van der Waals surface area (Å²) in [5.41, 5.74) is 25.5. The van der Waals surface area contributed by atoms with Gasteiger partial charge in [-0.2, -0.15) is 0 Å². The van der Waals surface area contributed by atoms with E-state index in [-0.39, 0.29) is 5.41 Å². The van der Waals surface area contributed by atoms with Crippen LogP contribution in [0, 0.1) is 20.8 Å². The van der Waals surface area contributed by atoms with Gasteiger partial charge in [-0.05, 0) is 141 Å². The summed E-state index contributed by atoms with van der Waals surface area (Å²) in [5, 5.41) is 0. The van der Waals surface area contributed by atoms with E-state index >= 15 is 0 Å². The molecule has 8 aromatic rings. The van der Waals surface area contributed by atoms with Crippen LogP contribution in [-0.4, -0.2) is 0 Å². The van der Waals surface area contributed by atoms with Crippen LogP contribution in [-0.2, 0) is 10.8 Å². The molecule has 8 aromatic carbocycles. The Kier molecular flexibility index (Phi) is 6.93. The third-order valence-electron chi connectivity index (χ3n) is 13.1. The minimum absolute atomic E-state index is 0.0598. The summed E-state index contributed by atoms with van der Waals surface area (Å²) in [7, 11) is 0.